The van der Waals surface area contributed by atoms with Gasteiger partial charge in [0.2, 0.25) is 0 Å². The van der Waals surface area contributed by atoms with Crippen LogP contribution < -0.4 is 19.5 Å². The predicted molar refractivity (Wildman–Crippen MR) is 129 cm³/mol. The van der Waals surface area contributed by atoms with E-state index in [2.05, 4.69) is 15.0 Å². The lowest BCUT2D eigenvalue weighted by atomic mass is 10.2. The van der Waals surface area contributed by atoms with Crippen molar-refractivity contribution in [1.29, 1.82) is 0 Å². The zero-order valence-corrected chi connectivity index (χ0v) is 19.7. The number of carbonyl (C=O) groups is 1. The molecule has 0 aliphatic heterocycles. The Morgan fingerprint density at radius 3 is 2.33 bits per heavy atom. The molecule has 0 fully saturated rings. The van der Waals surface area contributed by atoms with Crippen LogP contribution in [0.4, 0.5) is 10.8 Å². The average Bonchev–Trinajstić information content (AvgIpc) is 3.19. The van der Waals surface area contributed by atoms with Crippen molar-refractivity contribution in [2.45, 2.75) is 11.8 Å². The molecular formula is C23H21N3O5S2. The third-order valence-electron chi connectivity index (χ3n) is 4.86. The van der Waals surface area contributed by atoms with Crippen LogP contribution in [0, 0.1) is 6.92 Å². The summed E-state index contributed by atoms with van der Waals surface area (Å²) in [6.45, 7) is 1.87. The van der Waals surface area contributed by atoms with E-state index < -0.39 is 15.9 Å². The minimum absolute atomic E-state index is 0.109. The number of ether oxygens (including phenoxy) is 2. The molecule has 0 spiro atoms. The molecule has 2 N–H and O–H groups in total. The van der Waals surface area contributed by atoms with Gasteiger partial charge in [0.05, 0.1) is 40.6 Å². The molecule has 0 bridgehead atoms. The van der Waals surface area contributed by atoms with E-state index in [0.717, 1.165) is 10.3 Å². The Bertz CT molecular complexity index is 1390. The molecule has 0 aliphatic rings. The number of methoxy groups -OCH3 is 2. The first-order valence-corrected chi connectivity index (χ1v) is 12.1. The van der Waals surface area contributed by atoms with Gasteiger partial charge in [0, 0.05) is 12.1 Å². The molecule has 0 radical (unpaired) electrons. The average molecular weight is 484 g/mol. The number of sulfonamides is 1. The van der Waals surface area contributed by atoms with Crippen LogP contribution in [-0.2, 0) is 10.0 Å². The monoisotopic (exact) mass is 483 g/mol. The van der Waals surface area contributed by atoms with Crippen molar-refractivity contribution >= 4 is 48.3 Å². The number of hydrogen-bond acceptors (Lipinski definition) is 7. The molecule has 0 saturated heterocycles. The summed E-state index contributed by atoms with van der Waals surface area (Å²) in [5.41, 5.74) is 1.92. The van der Waals surface area contributed by atoms with Crippen molar-refractivity contribution in [3.8, 4) is 11.5 Å². The van der Waals surface area contributed by atoms with Crippen molar-refractivity contribution in [2.24, 2.45) is 0 Å². The SMILES string of the molecule is COc1cc2nc(NC(=O)c3ccccc3NS(=O)(=O)c3ccc(C)cc3)sc2cc1OC. The Morgan fingerprint density at radius 2 is 1.64 bits per heavy atom. The fourth-order valence-corrected chi connectivity index (χ4v) is 5.12. The largest absolute Gasteiger partial charge is 0.493 e. The number of nitrogens with zero attached hydrogens (tertiary/aromatic N) is 1. The van der Waals surface area contributed by atoms with Gasteiger partial charge in [-0.25, -0.2) is 13.4 Å². The number of carbonyl (C=O) groups excluding carboxylic acids is 1. The summed E-state index contributed by atoms with van der Waals surface area (Å²) in [5.74, 6) is 0.599. The van der Waals surface area contributed by atoms with E-state index in [9.17, 15) is 13.2 Å². The molecule has 4 rings (SSSR count). The van der Waals surface area contributed by atoms with E-state index in [0.29, 0.717) is 22.1 Å². The van der Waals surface area contributed by atoms with E-state index in [1.807, 2.05) is 6.92 Å². The summed E-state index contributed by atoms with van der Waals surface area (Å²) in [6.07, 6.45) is 0. The number of benzene rings is 3. The zero-order valence-electron chi connectivity index (χ0n) is 18.1. The number of fused-ring (bicyclic) bond motifs is 1. The molecule has 33 heavy (non-hydrogen) atoms. The molecule has 4 aromatic rings. The van der Waals surface area contributed by atoms with Gasteiger partial charge in [0.25, 0.3) is 15.9 Å². The van der Waals surface area contributed by atoms with Gasteiger partial charge in [-0.1, -0.05) is 41.2 Å². The number of aryl methyl sites for hydroxylation is 1. The summed E-state index contributed by atoms with van der Waals surface area (Å²) in [7, 11) is -0.787. The zero-order chi connectivity index (χ0) is 23.6. The first kappa shape index (κ1) is 22.6. The molecule has 0 atom stereocenters. The Hall–Kier alpha value is -3.63. The Balaban J connectivity index is 1.60. The second-order valence-corrected chi connectivity index (χ2v) is 9.83. The third kappa shape index (κ3) is 4.76. The van der Waals surface area contributed by atoms with Crippen LogP contribution in [0.2, 0.25) is 0 Å². The molecule has 3 aromatic carbocycles. The van der Waals surface area contributed by atoms with Gasteiger partial charge in [-0.15, -0.1) is 0 Å². The molecule has 0 saturated carbocycles. The van der Waals surface area contributed by atoms with Crippen LogP contribution in [0.3, 0.4) is 0 Å². The van der Waals surface area contributed by atoms with E-state index >= 15 is 0 Å². The van der Waals surface area contributed by atoms with Crippen LogP contribution in [0.5, 0.6) is 11.5 Å². The molecule has 8 nitrogen and oxygen atoms in total. The third-order valence-corrected chi connectivity index (χ3v) is 7.18. The molecule has 1 heterocycles. The lowest BCUT2D eigenvalue weighted by molar-refractivity contribution is 0.102. The maximum atomic E-state index is 13.0. The number of nitrogens with one attached hydrogen (secondary N) is 2. The van der Waals surface area contributed by atoms with Crippen molar-refractivity contribution in [2.75, 3.05) is 24.3 Å². The molecule has 0 unspecified atom stereocenters. The summed E-state index contributed by atoms with van der Waals surface area (Å²) >= 11 is 1.27. The summed E-state index contributed by atoms with van der Waals surface area (Å²) in [6, 6.07) is 16.4. The highest BCUT2D eigenvalue weighted by Gasteiger charge is 2.20. The second-order valence-electron chi connectivity index (χ2n) is 7.11. The maximum absolute atomic E-state index is 13.0. The number of para-hydroxylation sites is 1. The fraction of sp³-hybridized carbons (Fsp3) is 0.130. The van der Waals surface area contributed by atoms with E-state index in [-0.39, 0.29) is 16.1 Å². The smallest absolute Gasteiger partial charge is 0.261 e. The molecular weight excluding hydrogens is 462 g/mol. The van der Waals surface area contributed by atoms with Gasteiger partial charge in [-0.3, -0.25) is 14.8 Å². The summed E-state index contributed by atoms with van der Waals surface area (Å²) < 4.78 is 39.5. The van der Waals surface area contributed by atoms with Crippen LogP contribution in [0.1, 0.15) is 15.9 Å². The van der Waals surface area contributed by atoms with Gasteiger partial charge < -0.3 is 9.47 Å². The van der Waals surface area contributed by atoms with Crippen molar-refractivity contribution in [3.63, 3.8) is 0 Å². The quantitative estimate of drug-likeness (QED) is 0.395. The number of amides is 1. The topological polar surface area (TPSA) is 107 Å². The molecule has 0 aliphatic carbocycles. The lowest BCUT2D eigenvalue weighted by Crippen LogP contribution is -2.18. The van der Waals surface area contributed by atoms with Gasteiger partial charge in [0.15, 0.2) is 16.6 Å². The normalized spacial score (nSPS) is 11.2. The van der Waals surface area contributed by atoms with Crippen LogP contribution in [0.25, 0.3) is 10.2 Å². The lowest BCUT2D eigenvalue weighted by Gasteiger charge is -2.12. The number of aromatic nitrogens is 1. The van der Waals surface area contributed by atoms with Crippen LogP contribution in [0.15, 0.2) is 65.6 Å². The number of hydrogen-bond donors (Lipinski definition) is 2. The van der Waals surface area contributed by atoms with Crippen LogP contribution in [-0.4, -0.2) is 33.5 Å². The standard InChI is InChI=1S/C23H21N3O5S2/c1-14-8-10-15(11-9-14)33(28,29)26-17-7-5-4-6-16(17)22(27)25-23-24-18-12-19(30-2)20(31-3)13-21(18)32-23/h4-13,26H,1-3H3,(H,24,25,27). The minimum atomic E-state index is -3.87. The Morgan fingerprint density at radius 1 is 0.970 bits per heavy atom. The van der Waals surface area contributed by atoms with E-state index in [4.69, 9.17) is 9.47 Å². The predicted octanol–water partition coefficient (Wildman–Crippen LogP) is 4.68. The number of rotatable bonds is 7. The highest BCUT2D eigenvalue weighted by Crippen LogP contribution is 2.36. The van der Waals surface area contributed by atoms with Gasteiger partial charge in [0.1, 0.15) is 0 Å². The molecule has 1 amide bonds. The van der Waals surface area contributed by atoms with Crippen molar-refractivity contribution in [1.82, 2.24) is 4.98 Å². The summed E-state index contributed by atoms with van der Waals surface area (Å²) in [5, 5.41) is 3.11. The number of thiazole rings is 1. The first-order valence-electron chi connectivity index (χ1n) is 9.83. The Kier molecular flexibility index (Phi) is 6.21. The highest BCUT2D eigenvalue weighted by atomic mass is 32.2. The molecule has 10 heteroatoms. The van der Waals surface area contributed by atoms with Gasteiger partial charge in [-0.05, 0) is 31.2 Å². The number of anilines is 2. The fourth-order valence-electron chi connectivity index (χ4n) is 3.16. The Labute approximate surface area is 195 Å². The van der Waals surface area contributed by atoms with Crippen molar-refractivity contribution < 1.29 is 22.7 Å². The van der Waals surface area contributed by atoms with E-state index in [1.54, 1.807) is 49.6 Å². The highest BCUT2D eigenvalue weighted by molar-refractivity contribution is 7.92. The minimum Gasteiger partial charge on any atom is -0.493 e. The molecule has 170 valence electrons. The first-order chi connectivity index (χ1) is 15.8. The van der Waals surface area contributed by atoms with Crippen molar-refractivity contribution in [3.05, 3.63) is 71.8 Å². The van der Waals surface area contributed by atoms with Crippen LogP contribution >= 0.6 is 11.3 Å². The second kappa shape index (κ2) is 9.08. The molecule has 1 aromatic heterocycles. The van der Waals surface area contributed by atoms with Gasteiger partial charge in [-0.2, -0.15) is 0 Å². The maximum Gasteiger partial charge on any atom is 0.261 e. The van der Waals surface area contributed by atoms with Gasteiger partial charge >= 0.3 is 0 Å². The summed E-state index contributed by atoms with van der Waals surface area (Å²) in [4.78, 5) is 17.5. The van der Waals surface area contributed by atoms with E-state index in [1.165, 1.54) is 36.6 Å².